The number of fused-ring (bicyclic) bond motifs is 1. The van der Waals surface area contributed by atoms with E-state index < -0.39 is 0 Å². The van der Waals surface area contributed by atoms with Gasteiger partial charge in [0, 0.05) is 19.2 Å². The smallest absolute Gasteiger partial charge is 0.410 e. The highest BCUT2D eigenvalue weighted by Crippen LogP contribution is 2.61. The highest BCUT2D eigenvalue weighted by atomic mass is 19.1. The number of likely N-dealkylation sites (tertiary alicyclic amines) is 1. The summed E-state index contributed by atoms with van der Waals surface area (Å²) in [5.74, 6) is 1.46. The molecule has 4 bridgehead atoms. The Kier molecular flexibility index (Phi) is 4.72. The molecule has 0 radical (unpaired) electrons. The molecule has 4 saturated carbocycles. The number of rotatable bonds is 3. The first kappa shape index (κ1) is 20.9. The summed E-state index contributed by atoms with van der Waals surface area (Å²) in [6.45, 7) is 3.10. The summed E-state index contributed by atoms with van der Waals surface area (Å²) in [6.07, 6.45) is 4.97. The third-order valence-electron chi connectivity index (χ3n) is 8.66. The number of methoxy groups -OCH3 is 1. The van der Waals surface area contributed by atoms with Crippen LogP contribution in [0.1, 0.15) is 50.4 Å². The van der Waals surface area contributed by atoms with Crippen LogP contribution in [0.15, 0.2) is 18.2 Å². The average molecular weight is 456 g/mol. The fourth-order valence-electron chi connectivity index (χ4n) is 7.60. The van der Waals surface area contributed by atoms with Crippen molar-refractivity contribution in [2.45, 2.75) is 57.6 Å². The van der Waals surface area contributed by atoms with Gasteiger partial charge in [-0.2, -0.15) is 0 Å². The number of nitrogens with zero attached hydrogens (tertiary/aromatic N) is 3. The predicted molar refractivity (Wildman–Crippen MR) is 118 cm³/mol. The van der Waals surface area contributed by atoms with Gasteiger partial charge in [0.2, 0.25) is 0 Å². The van der Waals surface area contributed by atoms with Crippen molar-refractivity contribution >= 4 is 23.1 Å². The lowest BCUT2D eigenvalue weighted by atomic mass is 9.48. The summed E-state index contributed by atoms with van der Waals surface area (Å²) in [4.78, 5) is 32.0. The number of hydrogen-bond acceptors (Lipinski definition) is 5. The van der Waals surface area contributed by atoms with Gasteiger partial charge in [-0.1, -0.05) is 0 Å². The van der Waals surface area contributed by atoms with Crippen molar-refractivity contribution in [2.75, 3.05) is 20.2 Å². The maximum atomic E-state index is 13.6. The van der Waals surface area contributed by atoms with Crippen LogP contribution in [0.3, 0.4) is 0 Å². The average Bonchev–Trinajstić information content (AvgIpc) is 3.38. The van der Waals surface area contributed by atoms with Gasteiger partial charge >= 0.3 is 12.1 Å². The van der Waals surface area contributed by atoms with E-state index >= 15 is 0 Å². The van der Waals surface area contributed by atoms with Gasteiger partial charge < -0.3 is 18.9 Å². The van der Waals surface area contributed by atoms with Crippen LogP contribution in [-0.4, -0.2) is 52.8 Å². The van der Waals surface area contributed by atoms with Crippen molar-refractivity contribution in [1.29, 1.82) is 0 Å². The van der Waals surface area contributed by atoms with Crippen LogP contribution in [0.4, 0.5) is 9.18 Å². The molecular weight excluding hydrogens is 425 g/mol. The zero-order valence-corrected chi connectivity index (χ0v) is 19.1. The molecule has 1 aromatic carbocycles. The minimum Gasteiger partial charge on any atom is -0.469 e. The first-order valence-electron chi connectivity index (χ1n) is 12.0. The molecule has 1 amide bonds. The second-order valence-electron chi connectivity index (χ2n) is 10.6. The van der Waals surface area contributed by atoms with E-state index in [1.807, 2.05) is 6.92 Å². The van der Waals surface area contributed by atoms with E-state index in [0.29, 0.717) is 24.5 Å². The van der Waals surface area contributed by atoms with E-state index in [9.17, 15) is 14.0 Å². The molecule has 7 nitrogen and oxygen atoms in total. The van der Waals surface area contributed by atoms with Gasteiger partial charge in [-0.3, -0.25) is 4.79 Å². The molecule has 3 atom stereocenters. The van der Waals surface area contributed by atoms with Crippen LogP contribution in [0.2, 0.25) is 0 Å². The number of carbonyl (C=O) groups excluding carboxylic acids is 2. The summed E-state index contributed by atoms with van der Waals surface area (Å²) in [7, 11) is 1.48. The van der Waals surface area contributed by atoms with Crippen LogP contribution >= 0.6 is 0 Å². The van der Waals surface area contributed by atoms with Crippen molar-refractivity contribution in [1.82, 2.24) is 14.5 Å². The molecule has 2 heterocycles. The highest BCUT2D eigenvalue weighted by molar-refractivity contribution is 5.78. The van der Waals surface area contributed by atoms with Gasteiger partial charge in [0.25, 0.3) is 0 Å². The monoisotopic (exact) mass is 455 g/mol. The lowest BCUT2D eigenvalue weighted by Gasteiger charge is -2.57. The Morgan fingerprint density at radius 3 is 2.67 bits per heavy atom. The fraction of sp³-hybridized carbons (Fsp3) is 0.640. The van der Waals surface area contributed by atoms with Crippen molar-refractivity contribution in [3.8, 4) is 0 Å². The number of amides is 1. The third-order valence-corrected chi connectivity index (χ3v) is 8.66. The Bertz CT molecular complexity index is 1110. The lowest BCUT2D eigenvalue weighted by molar-refractivity contribution is -0.182. The Morgan fingerprint density at radius 2 is 1.94 bits per heavy atom. The van der Waals surface area contributed by atoms with Crippen LogP contribution in [-0.2, 0) is 14.3 Å². The summed E-state index contributed by atoms with van der Waals surface area (Å²) in [5, 5.41) is 0. The minimum absolute atomic E-state index is 0.0862. The molecule has 2 unspecified atom stereocenters. The third kappa shape index (κ3) is 3.24. The first-order chi connectivity index (χ1) is 15.9. The molecule has 5 fully saturated rings. The van der Waals surface area contributed by atoms with Gasteiger partial charge in [-0.05, 0) is 75.3 Å². The number of benzene rings is 1. The Balaban J connectivity index is 1.15. The number of hydrogen-bond donors (Lipinski definition) is 0. The molecule has 0 spiro atoms. The molecule has 1 saturated heterocycles. The molecule has 0 N–H and O–H groups in total. The zero-order chi connectivity index (χ0) is 22.9. The van der Waals surface area contributed by atoms with Crippen LogP contribution in [0.5, 0.6) is 0 Å². The number of carbonyl (C=O) groups is 2. The van der Waals surface area contributed by atoms with Gasteiger partial charge in [0.05, 0.1) is 29.6 Å². The standard InChI is InChI=1S/C25H30FN3O4/c1-14-27-20-9-18(26)3-4-21(20)29(14)19-5-6-28(13-19)24(31)33-22-16-7-15-8-17(22)12-25(10-15,11-16)23(30)32-2/h3-4,9,15-17,19,22H,5-8,10-13H2,1-2H3/t15?,16?,17?,19-,22?,25?/m0/s1. The van der Waals surface area contributed by atoms with Gasteiger partial charge in [0.1, 0.15) is 17.7 Å². The maximum Gasteiger partial charge on any atom is 0.410 e. The summed E-state index contributed by atoms with van der Waals surface area (Å²) in [6, 6.07) is 4.76. The van der Waals surface area contributed by atoms with Crippen LogP contribution < -0.4 is 0 Å². The Labute approximate surface area is 192 Å². The first-order valence-corrected chi connectivity index (χ1v) is 12.0. The van der Waals surface area contributed by atoms with E-state index in [1.54, 1.807) is 11.0 Å². The van der Waals surface area contributed by atoms with E-state index in [4.69, 9.17) is 9.47 Å². The summed E-state index contributed by atoms with van der Waals surface area (Å²) < 4.78 is 27.0. The number of ether oxygens (including phenoxy) is 2. The number of esters is 1. The maximum absolute atomic E-state index is 13.6. The van der Waals surface area contributed by atoms with Crippen LogP contribution in [0, 0.1) is 35.9 Å². The van der Waals surface area contributed by atoms with Gasteiger partial charge in [-0.15, -0.1) is 0 Å². The lowest BCUT2D eigenvalue weighted by Crippen LogP contribution is -2.58. The minimum atomic E-state index is -0.369. The molecule has 5 aliphatic rings. The van der Waals surface area contributed by atoms with Crippen molar-refractivity contribution in [3.05, 3.63) is 29.8 Å². The number of aryl methyl sites for hydroxylation is 1. The van der Waals surface area contributed by atoms with E-state index in [1.165, 1.54) is 19.2 Å². The van der Waals surface area contributed by atoms with E-state index in [-0.39, 0.29) is 47.3 Å². The molecule has 8 heteroatoms. The quantitative estimate of drug-likeness (QED) is 0.648. The molecule has 1 aliphatic heterocycles. The number of halogens is 1. The molecule has 7 rings (SSSR count). The molecule has 1 aromatic heterocycles. The van der Waals surface area contributed by atoms with Crippen molar-refractivity contribution < 1.29 is 23.5 Å². The second kappa shape index (κ2) is 7.43. The summed E-state index contributed by atoms with van der Waals surface area (Å²) in [5.41, 5.74) is 1.16. The topological polar surface area (TPSA) is 73.7 Å². The van der Waals surface area contributed by atoms with Crippen molar-refractivity contribution in [3.63, 3.8) is 0 Å². The predicted octanol–water partition coefficient (Wildman–Crippen LogP) is 4.24. The highest BCUT2D eigenvalue weighted by Gasteiger charge is 2.60. The fourth-order valence-corrected chi connectivity index (χ4v) is 7.60. The summed E-state index contributed by atoms with van der Waals surface area (Å²) >= 11 is 0. The molecule has 176 valence electrons. The molecular formula is C25H30FN3O4. The van der Waals surface area contributed by atoms with Gasteiger partial charge in [-0.25, -0.2) is 14.2 Å². The SMILES string of the molecule is COC(=O)C12CC3CC(C1)C(OC(=O)N1CC[C@H](n4c(C)nc5cc(F)ccc54)C1)C(C3)C2. The zero-order valence-electron chi connectivity index (χ0n) is 19.1. The molecule has 2 aromatic rings. The van der Waals surface area contributed by atoms with E-state index in [0.717, 1.165) is 49.9 Å². The normalized spacial score (nSPS) is 34.8. The second-order valence-corrected chi connectivity index (χ2v) is 10.6. The van der Waals surface area contributed by atoms with Gasteiger partial charge in [0.15, 0.2) is 0 Å². The van der Waals surface area contributed by atoms with Crippen LogP contribution in [0.25, 0.3) is 11.0 Å². The van der Waals surface area contributed by atoms with E-state index in [2.05, 4.69) is 9.55 Å². The molecule has 33 heavy (non-hydrogen) atoms. The Hall–Kier alpha value is -2.64. The largest absolute Gasteiger partial charge is 0.469 e. The Morgan fingerprint density at radius 1 is 1.18 bits per heavy atom. The number of imidazole rings is 1. The number of aromatic nitrogens is 2. The molecule has 4 aliphatic carbocycles. The van der Waals surface area contributed by atoms with Crippen molar-refractivity contribution in [2.24, 2.45) is 23.2 Å².